The van der Waals surface area contributed by atoms with E-state index in [2.05, 4.69) is 48.2 Å². The van der Waals surface area contributed by atoms with Crippen molar-refractivity contribution in [3.63, 3.8) is 0 Å². The summed E-state index contributed by atoms with van der Waals surface area (Å²) in [6.07, 6.45) is 3.89. The zero-order valence-electron chi connectivity index (χ0n) is 13.6. The third-order valence-corrected chi connectivity index (χ3v) is 5.92. The maximum atomic E-state index is 6.38. The number of nitrogens with zero attached hydrogens (tertiary/aromatic N) is 2. The van der Waals surface area contributed by atoms with Crippen molar-refractivity contribution in [1.29, 1.82) is 0 Å². The number of piperidine rings is 1. The quantitative estimate of drug-likeness (QED) is 0.807. The number of ether oxygens (including phenoxy) is 1. The Morgan fingerprint density at radius 2 is 2.00 bits per heavy atom. The molecule has 0 radical (unpaired) electrons. The molecule has 1 spiro atoms. The molecule has 3 heteroatoms. The van der Waals surface area contributed by atoms with Crippen LogP contribution >= 0.6 is 0 Å². The average Bonchev–Trinajstić information content (AvgIpc) is 2.89. The molecule has 4 heterocycles. The minimum absolute atomic E-state index is 0.310. The normalized spacial score (nSPS) is 31.2. The van der Waals surface area contributed by atoms with Gasteiger partial charge in [-0.25, -0.2) is 4.98 Å². The highest BCUT2D eigenvalue weighted by Gasteiger charge is 2.51. The fourth-order valence-electron chi connectivity index (χ4n) is 4.58. The van der Waals surface area contributed by atoms with Crippen LogP contribution in [-0.4, -0.2) is 35.6 Å². The first-order valence-corrected chi connectivity index (χ1v) is 8.68. The fraction of sp³-hybridized carbons (Fsp3) is 0.450. The summed E-state index contributed by atoms with van der Waals surface area (Å²) >= 11 is 0. The van der Waals surface area contributed by atoms with Gasteiger partial charge in [-0.15, -0.1) is 0 Å². The molecule has 2 bridgehead atoms. The molecular formula is C20H22N2O. The van der Waals surface area contributed by atoms with E-state index in [0.717, 1.165) is 23.6 Å². The van der Waals surface area contributed by atoms with E-state index in [4.69, 9.17) is 9.72 Å². The van der Waals surface area contributed by atoms with Crippen LogP contribution in [0, 0.1) is 12.3 Å². The maximum absolute atomic E-state index is 6.38. The van der Waals surface area contributed by atoms with Crippen LogP contribution in [0.5, 0.6) is 5.75 Å². The molecule has 3 aliphatic rings. The second kappa shape index (κ2) is 4.81. The molecule has 5 rings (SSSR count). The Balaban J connectivity index is 1.53. The number of aromatic nitrogens is 1. The van der Waals surface area contributed by atoms with E-state index in [-0.39, 0.29) is 0 Å². The van der Waals surface area contributed by atoms with Gasteiger partial charge in [0.15, 0.2) is 0 Å². The molecular weight excluding hydrogens is 284 g/mol. The molecule has 118 valence electrons. The van der Waals surface area contributed by atoms with Gasteiger partial charge in [0.2, 0.25) is 0 Å². The van der Waals surface area contributed by atoms with Gasteiger partial charge in [-0.3, -0.25) is 0 Å². The second-order valence-corrected chi connectivity index (χ2v) is 7.47. The van der Waals surface area contributed by atoms with Gasteiger partial charge in [-0.05, 0) is 38.4 Å². The van der Waals surface area contributed by atoms with E-state index in [9.17, 15) is 0 Å². The molecule has 0 aliphatic carbocycles. The predicted molar refractivity (Wildman–Crippen MR) is 90.6 cm³/mol. The molecule has 2 aromatic rings. The van der Waals surface area contributed by atoms with E-state index in [0.29, 0.717) is 11.5 Å². The van der Waals surface area contributed by atoms with Crippen molar-refractivity contribution >= 4 is 0 Å². The number of rotatable bonds is 1. The molecule has 2 fully saturated rings. The molecule has 1 aromatic heterocycles. The Hall–Kier alpha value is -1.87. The zero-order valence-corrected chi connectivity index (χ0v) is 13.6. The number of hydrogen-bond acceptors (Lipinski definition) is 3. The number of hydrogen-bond donors (Lipinski definition) is 0. The summed E-state index contributed by atoms with van der Waals surface area (Å²) < 4.78 is 6.38. The zero-order chi connectivity index (χ0) is 15.4. The molecule has 0 N–H and O–H groups in total. The van der Waals surface area contributed by atoms with Crippen LogP contribution in [0.3, 0.4) is 0 Å². The first kappa shape index (κ1) is 13.6. The SMILES string of the molecule is Cc1ccc(-c2ccc3c(n2)CC24CCN(CCC2O3)C4)cc1. The molecule has 1 aromatic carbocycles. The molecule has 3 atom stereocenters. The van der Waals surface area contributed by atoms with Gasteiger partial charge >= 0.3 is 0 Å². The minimum Gasteiger partial charge on any atom is -0.488 e. The highest BCUT2D eigenvalue weighted by atomic mass is 16.5. The molecule has 2 saturated heterocycles. The summed E-state index contributed by atoms with van der Waals surface area (Å²) in [6, 6.07) is 12.9. The average molecular weight is 306 g/mol. The lowest BCUT2D eigenvalue weighted by Gasteiger charge is -2.44. The number of benzene rings is 1. The number of aryl methyl sites for hydroxylation is 1. The third-order valence-electron chi connectivity index (χ3n) is 5.92. The highest BCUT2D eigenvalue weighted by molar-refractivity contribution is 5.61. The Kier molecular flexibility index (Phi) is 2.84. The summed E-state index contributed by atoms with van der Waals surface area (Å²) in [7, 11) is 0. The van der Waals surface area contributed by atoms with Crippen LogP contribution in [0.25, 0.3) is 11.3 Å². The van der Waals surface area contributed by atoms with Gasteiger partial charge in [-0.1, -0.05) is 29.8 Å². The molecule has 0 amide bonds. The predicted octanol–water partition coefficient (Wildman–Crippen LogP) is 3.46. The lowest BCUT2D eigenvalue weighted by Crippen LogP contribution is -2.51. The smallest absolute Gasteiger partial charge is 0.141 e. The Morgan fingerprint density at radius 1 is 1.13 bits per heavy atom. The van der Waals surface area contributed by atoms with Gasteiger partial charge < -0.3 is 9.64 Å². The molecule has 3 unspecified atom stereocenters. The first-order valence-electron chi connectivity index (χ1n) is 8.68. The summed E-state index contributed by atoms with van der Waals surface area (Å²) in [5.74, 6) is 1.01. The van der Waals surface area contributed by atoms with E-state index in [1.165, 1.54) is 43.6 Å². The molecule has 23 heavy (non-hydrogen) atoms. The van der Waals surface area contributed by atoms with Crippen molar-refractivity contribution in [2.75, 3.05) is 19.6 Å². The first-order chi connectivity index (χ1) is 11.2. The largest absolute Gasteiger partial charge is 0.488 e. The van der Waals surface area contributed by atoms with Crippen LogP contribution in [-0.2, 0) is 6.42 Å². The van der Waals surface area contributed by atoms with Crippen LogP contribution in [0.1, 0.15) is 24.1 Å². The van der Waals surface area contributed by atoms with Gasteiger partial charge in [0.05, 0.1) is 11.4 Å². The van der Waals surface area contributed by atoms with Crippen molar-refractivity contribution in [2.24, 2.45) is 5.41 Å². The maximum Gasteiger partial charge on any atom is 0.141 e. The molecule has 3 aliphatic heterocycles. The standard InChI is InChI=1S/C20H22N2O/c1-14-2-4-15(5-3-14)16-6-7-18-17(21-16)12-20-9-11-22(13-20)10-8-19(20)23-18/h2-7,19H,8-13H2,1H3. The molecule has 3 nitrogen and oxygen atoms in total. The summed E-state index contributed by atoms with van der Waals surface area (Å²) in [5.41, 5.74) is 5.00. The summed E-state index contributed by atoms with van der Waals surface area (Å²) in [6.45, 7) is 5.73. The minimum atomic E-state index is 0.310. The van der Waals surface area contributed by atoms with Crippen LogP contribution < -0.4 is 4.74 Å². The Morgan fingerprint density at radius 3 is 2.87 bits per heavy atom. The number of fused-ring (bicyclic) bond motifs is 2. The lowest BCUT2D eigenvalue weighted by molar-refractivity contribution is -0.00186. The van der Waals surface area contributed by atoms with E-state index in [1.54, 1.807) is 0 Å². The van der Waals surface area contributed by atoms with Crippen LogP contribution in [0.15, 0.2) is 36.4 Å². The van der Waals surface area contributed by atoms with Crippen molar-refractivity contribution in [3.05, 3.63) is 47.7 Å². The van der Waals surface area contributed by atoms with Gasteiger partial charge in [0.25, 0.3) is 0 Å². The third kappa shape index (κ3) is 2.10. The summed E-state index contributed by atoms with van der Waals surface area (Å²) in [5, 5.41) is 0. The van der Waals surface area contributed by atoms with Crippen LogP contribution in [0.2, 0.25) is 0 Å². The topological polar surface area (TPSA) is 25.4 Å². The van der Waals surface area contributed by atoms with Crippen molar-refractivity contribution in [3.8, 4) is 17.0 Å². The van der Waals surface area contributed by atoms with E-state index in [1.807, 2.05) is 0 Å². The molecule has 0 saturated carbocycles. The van der Waals surface area contributed by atoms with Crippen molar-refractivity contribution in [1.82, 2.24) is 9.88 Å². The Bertz CT molecular complexity index is 755. The van der Waals surface area contributed by atoms with Crippen LogP contribution in [0.4, 0.5) is 0 Å². The van der Waals surface area contributed by atoms with Gasteiger partial charge in [-0.2, -0.15) is 0 Å². The van der Waals surface area contributed by atoms with Gasteiger partial charge in [0.1, 0.15) is 11.9 Å². The van der Waals surface area contributed by atoms with E-state index < -0.39 is 0 Å². The van der Waals surface area contributed by atoms with Gasteiger partial charge in [0, 0.05) is 30.5 Å². The summed E-state index contributed by atoms with van der Waals surface area (Å²) in [4.78, 5) is 7.56. The Labute approximate surface area is 137 Å². The fourth-order valence-corrected chi connectivity index (χ4v) is 4.58. The lowest BCUT2D eigenvalue weighted by atomic mass is 9.73. The number of pyridine rings is 1. The highest BCUT2D eigenvalue weighted by Crippen LogP contribution is 2.48. The van der Waals surface area contributed by atoms with Crippen molar-refractivity contribution < 1.29 is 4.74 Å². The van der Waals surface area contributed by atoms with E-state index >= 15 is 0 Å². The second-order valence-electron chi connectivity index (χ2n) is 7.47. The van der Waals surface area contributed by atoms with Crippen molar-refractivity contribution in [2.45, 2.75) is 32.3 Å². The monoisotopic (exact) mass is 306 g/mol.